The number of amides is 1. The van der Waals surface area contributed by atoms with Gasteiger partial charge >= 0.3 is 0 Å². The number of nitrogens with zero attached hydrogens (tertiary/aromatic N) is 2. The molecule has 0 spiro atoms. The summed E-state index contributed by atoms with van der Waals surface area (Å²) in [5.74, 6) is 0.177. The van der Waals surface area contributed by atoms with E-state index in [-0.39, 0.29) is 11.7 Å². The molecule has 3 aromatic rings. The minimum atomic E-state index is -0.529. The number of nitrogens with one attached hydrogen (secondary N) is 1. The van der Waals surface area contributed by atoms with Crippen molar-refractivity contribution < 1.29 is 9.18 Å². The summed E-state index contributed by atoms with van der Waals surface area (Å²) in [7, 11) is 0. The van der Waals surface area contributed by atoms with Crippen molar-refractivity contribution in [1.82, 2.24) is 9.38 Å². The number of imidazole rings is 1. The van der Waals surface area contributed by atoms with E-state index in [0.29, 0.717) is 11.5 Å². The Hall–Kier alpha value is -2.69. The minimum Gasteiger partial charge on any atom is -0.309 e. The van der Waals surface area contributed by atoms with Gasteiger partial charge in [-0.25, -0.2) is 9.37 Å². The molecule has 0 fully saturated rings. The summed E-state index contributed by atoms with van der Waals surface area (Å²) in [6.07, 6.45) is 1.84. The number of rotatable bonds is 2. The van der Waals surface area contributed by atoms with Gasteiger partial charge in [-0.15, -0.1) is 0 Å². The highest BCUT2D eigenvalue weighted by atomic mass is 19.1. The third kappa shape index (κ3) is 2.95. The third-order valence-electron chi connectivity index (χ3n) is 3.56. The Kier molecular flexibility index (Phi) is 3.64. The first-order chi connectivity index (χ1) is 10.9. The van der Waals surface area contributed by atoms with E-state index in [1.165, 1.54) is 12.1 Å². The summed E-state index contributed by atoms with van der Waals surface area (Å²) >= 11 is 0. The van der Waals surface area contributed by atoms with E-state index in [1.54, 1.807) is 12.1 Å². The highest BCUT2D eigenvalue weighted by Gasteiger charge is 2.24. The van der Waals surface area contributed by atoms with E-state index in [4.69, 9.17) is 0 Å². The van der Waals surface area contributed by atoms with Crippen molar-refractivity contribution in [3.8, 4) is 11.3 Å². The summed E-state index contributed by atoms with van der Waals surface area (Å²) in [5, 5.41) is 2.95. The number of carbonyl (C=O) groups is 1. The maximum atomic E-state index is 13.2. The molecule has 0 unspecified atom stereocenters. The van der Waals surface area contributed by atoms with Crippen molar-refractivity contribution in [2.75, 3.05) is 5.32 Å². The Labute approximate surface area is 134 Å². The fourth-order valence-corrected chi connectivity index (χ4v) is 2.22. The number of aromatic nitrogens is 2. The molecule has 2 heterocycles. The molecule has 0 bridgehead atoms. The summed E-state index contributed by atoms with van der Waals surface area (Å²) < 4.78 is 15.0. The number of fused-ring (bicyclic) bond motifs is 1. The molecule has 1 aromatic carbocycles. The standard InChI is InChI=1S/C18H18FN3O/c1-18(2,3)17(23)21-16-15(12-7-9-13(19)10-8-12)20-14-6-4-5-11-22(14)16/h4-11H,1-3H3,(H,21,23). The number of carbonyl (C=O) groups excluding carboxylic acids is 1. The smallest absolute Gasteiger partial charge is 0.230 e. The average molecular weight is 311 g/mol. The van der Waals surface area contributed by atoms with E-state index in [1.807, 2.05) is 49.6 Å². The van der Waals surface area contributed by atoms with Gasteiger partial charge in [0.25, 0.3) is 0 Å². The second kappa shape index (κ2) is 5.50. The molecule has 0 saturated carbocycles. The van der Waals surface area contributed by atoms with Crippen LogP contribution in [0, 0.1) is 11.2 Å². The zero-order valence-electron chi connectivity index (χ0n) is 13.3. The molecule has 0 aliphatic rings. The lowest BCUT2D eigenvalue weighted by atomic mass is 9.95. The van der Waals surface area contributed by atoms with Crippen LogP contribution in [0.1, 0.15) is 20.8 Å². The molecule has 5 heteroatoms. The van der Waals surface area contributed by atoms with Crippen LogP contribution in [-0.4, -0.2) is 15.3 Å². The predicted molar refractivity (Wildman–Crippen MR) is 88.7 cm³/mol. The van der Waals surface area contributed by atoms with E-state index in [0.717, 1.165) is 11.2 Å². The number of pyridine rings is 1. The fourth-order valence-electron chi connectivity index (χ4n) is 2.22. The zero-order valence-corrected chi connectivity index (χ0v) is 13.3. The van der Waals surface area contributed by atoms with Crippen molar-refractivity contribution in [1.29, 1.82) is 0 Å². The van der Waals surface area contributed by atoms with Crippen LogP contribution in [0.2, 0.25) is 0 Å². The van der Waals surface area contributed by atoms with Gasteiger partial charge in [-0.1, -0.05) is 26.8 Å². The van der Waals surface area contributed by atoms with Crippen molar-refractivity contribution in [2.45, 2.75) is 20.8 Å². The van der Waals surface area contributed by atoms with Gasteiger partial charge in [0.2, 0.25) is 5.91 Å². The fraction of sp³-hybridized carbons (Fsp3) is 0.222. The Balaban J connectivity index is 2.15. The second-order valence-electron chi connectivity index (χ2n) is 6.45. The van der Waals surface area contributed by atoms with E-state index >= 15 is 0 Å². The number of hydrogen-bond donors (Lipinski definition) is 1. The van der Waals surface area contributed by atoms with Gasteiger partial charge in [0, 0.05) is 17.2 Å². The number of benzene rings is 1. The third-order valence-corrected chi connectivity index (χ3v) is 3.56. The predicted octanol–water partition coefficient (Wildman–Crippen LogP) is 4.13. The quantitative estimate of drug-likeness (QED) is 0.773. The monoisotopic (exact) mass is 311 g/mol. The van der Waals surface area contributed by atoms with Gasteiger partial charge in [-0.2, -0.15) is 0 Å². The molecule has 0 aliphatic heterocycles. The first-order valence-electron chi connectivity index (χ1n) is 7.41. The Morgan fingerprint density at radius 3 is 2.48 bits per heavy atom. The highest BCUT2D eigenvalue weighted by Crippen LogP contribution is 2.30. The molecule has 0 saturated heterocycles. The SMILES string of the molecule is CC(C)(C)C(=O)Nc1c(-c2ccc(F)cc2)nc2ccccn12. The van der Waals surface area contributed by atoms with E-state index < -0.39 is 5.41 Å². The first-order valence-corrected chi connectivity index (χ1v) is 7.41. The van der Waals surface area contributed by atoms with Crippen LogP contribution < -0.4 is 5.32 Å². The summed E-state index contributed by atoms with van der Waals surface area (Å²) in [6.45, 7) is 5.55. The topological polar surface area (TPSA) is 46.4 Å². The van der Waals surface area contributed by atoms with Gasteiger partial charge in [0.1, 0.15) is 23.0 Å². The lowest BCUT2D eigenvalue weighted by molar-refractivity contribution is -0.123. The molecule has 0 atom stereocenters. The van der Waals surface area contributed by atoms with Gasteiger partial charge < -0.3 is 5.32 Å². The van der Waals surface area contributed by atoms with E-state index in [9.17, 15) is 9.18 Å². The Bertz CT molecular complexity index is 860. The van der Waals surface area contributed by atoms with Gasteiger partial charge in [-0.3, -0.25) is 9.20 Å². The molecule has 2 aromatic heterocycles. The normalized spacial score (nSPS) is 11.7. The lowest BCUT2D eigenvalue weighted by Crippen LogP contribution is -2.28. The lowest BCUT2D eigenvalue weighted by Gasteiger charge is -2.18. The van der Waals surface area contributed by atoms with Gasteiger partial charge in [0.05, 0.1) is 0 Å². The van der Waals surface area contributed by atoms with E-state index in [2.05, 4.69) is 10.3 Å². The zero-order chi connectivity index (χ0) is 16.6. The van der Waals surface area contributed by atoms with Crippen LogP contribution in [0.25, 0.3) is 16.9 Å². The molecule has 118 valence electrons. The number of hydrogen-bond acceptors (Lipinski definition) is 2. The summed E-state index contributed by atoms with van der Waals surface area (Å²) in [6, 6.07) is 11.7. The Morgan fingerprint density at radius 2 is 1.83 bits per heavy atom. The van der Waals surface area contributed by atoms with Crippen LogP contribution in [-0.2, 0) is 4.79 Å². The number of anilines is 1. The van der Waals surface area contributed by atoms with Crippen LogP contribution in [0.15, 0.2) is 48.7 Å². The van der Waals surface area contributed by atoms with Gasteiger partial charge in [0.15, 0.2) is 0 Å². The van der Waals surface area contributed by atoms with Crippen LogP contribution >= 0.6 is 0 Å². The molecule has 1 N–H and O–H groups in total. The summed E-state index contributed by atoms with van der Waals surface area (Å²) in [4.78, 5) is 17.0. The van der Waals surface area contributed by atoms with Crippen molar-refractivity contribution in [3.63, 3.8) is 0 Å². The molecule has 1 amide bonds. The van der Waals surface area contributed by atoms with Crippen molar-refractivity contribution in [2.24, 2.45) is 5.41 Å². The van der Waals surface area contributed by atoms with Gasteiger partial charge in [-0.05, 0) is 36.4 Å². The molecule has 23 heavy (non-hydrogen) atoms. The molecular weight excluding hydrogens is 293 g/mol. The molecule has 4 nitrogen and oxygen atoms in total. The van der Waals surface area contributed by atoms with Crippen LogP contribution in [0.3, 0.4) is 0 Å². The first kappa shape index (κ1) is 15.2. The van der Waals surface area contributed by atoms with Crippen LogP contribution in [0.5, 0.6) is 0 Å². The van der Waals surface area contributed by atoms with Crippen molar-refractivity contribution in [3.05, 3.63) is 54.5 Å². The highest BCUT2D eigenvalue weighted by molar-refractivity contribution is 5.97. The largest absolute Gasteiger partial charge is 0.309 e. The van der Waals surface area contributed by atoms with Crippen LogP contribution in [0.4, 0.5) is 10.2 Å². The maximum absolute atomic E-state index is 13.2. The maximum Gasteiger partial charge on any atom is 0.230 e. The molecule has 0 radical (unpaired) electrons. The average Bonchev–Trinajstić information content (AvgIpc) is 2.86. The molecule has 0 aliphatic carbocycles. The summed E-state index contributed by atoms with van der Waals surface area (Å²) in [5.41, 5.74) is 1.56. The second-order valence-corrected chi connectivity index (χ2v) is 6.45. The minimum absolute atomic E-state index is 0.105. The number of halogens is 1. The molecular formula is C18H18FN3O. The molecule has 3 rings (SSSR count). The Morgan fingerprint density at radius 1 is 1.13 bits per heavy atom. The van der Waals surface area contributed by atoms with Crippen molar-refractivity contribution >= 4 is 17.4 Å².